The lowest BCUT2D eigenvalue weighted by Crippen LogP contribution is -2.44. The SMILES string of the molecule is O=C(Nc1ccccc1)Nc1cccc(NC(=O)C2(c3ccc(Br)cc3)CCOCC2)c1. The number of rotatable bonds is 5. The highest BCUT2D eigenvalue weighted by Crippen LogP contribution is 2.37. The van der Waals surface area contributed by atoms with Crippen molar-refractivity contribution >= 4 is 44.9 Å². The van der Waals surface area contributed by atoms with Crippen molar-refractivity contribution in [3.05, 3.63) is 88.9 Å². The van der Waals surface area contributed by atoms with Crippen LogP contribution in [0.3, 0.4) is 0 Å². The zero-order valence-corrected chi connectivity index (χ0v) is 19.0. The number of hydrogen-bond acceptors (Lipinski definition) is 3. The molecule has 0 aromatic heterocycles. The maximum atomic E-state index is 13.5. The van der Waals surface area contributed by atoms with Crippen LogP contribution in [0.4, 0.5) is 21.9 Å². The first-order valence-corrected chi connectivity index (χ1v) is 11.2. The zero-order chi connectivity index (χ0) is 22.4. The van der Waals surface area contributed by atoms with Crippen LogP contribution in [0.1, 0.15) is 18.4 Å². The molecule has 0 atom stereocenters. The van der Waals surface area contributed by atoms with Crippen LogP contribution < -0.4 is 16.0 Å². The number of hydrogen-bond donors (Lipinski definition) is 3. The van der Waals surface area contributed by atoms with Gasteiger partial charge in [0.1, 0.15) is 0 Å². The van der Waals surface area contributed by atoms with Crippen molar-refractivity contribution in [2.45, 2.75) is 18.3 Å². The number of carbonyl (C=O) groups is 2. The van der Waals surface area contributed by atoms with Crippen molar-refractivity contribution in [1.29, 1.82) is 0 Å². The normalized spacial score (nSPS) is 14.9. The molecule has 4 rings (SSSR count). The first-order valence-electron chi connectivity index (χ1n) is 10.4. The zero-order valence-electron chi connectivity index (χ0n) is 17.4. The van der Waals surface area contributed by atoms with Crippen LogP contribution in [0, 0.1) is 0 Å². The Morgan fingerprint density at radius 3 is 2.03 bits per heavy atom. The molecule has 3 aromatic carbocycles. The minimum absolute atomic E-state index is 0.0750. The number of halogens is 1. The number of anilines is 3. The molecule has 3 amide bonds. The fourth-order valence-electron chi connectivity index (χ4n) is 3.88. The van der Waals surface area contributed by atoms with E-state index in [4.69, 9.17) is 4.74 Å². The highest BCUT2D eigenvalue weighted by molar-refractivity contribution is 9.10. The smallest absolute Gasteiger partial charge is 0.323 e. The van der Waals surface area contributed by atoms with Gasteiger partial charge in [0.2, 0.25) is 5.91 Å². The van der Waals surface area contributed by atoms with E-state index in [1.165, 1.54) is 0 Å². The van der Waals surface area contributed by atoms with E-state index in [0.29, 0.717) is 43.1 Å². The molecule has 3 N–H and O–H groups in total. The molecule has 1 fully saturated rings. The summed E-state index contributed by atoms with van der Waals surface area (Å²) in [5, 5.41) is 8.63. The molecule has 0 unspecified atom stereocenters. The molecule has 1 saturated heterocycles. The Kier molecular flexibility index (Phi) is 6.87. The average Bonchev–Trinajstić information content (AvgIpc) is 2.81. The van der Waals surface area contributed by atoms with Crippen molar-refractivity contribution in [2.24, 2.45) is 0 Å². The molecule has 164 valence electrons. The number of ether oxygens (including phenoxy) is 1. The van der Waals surface area contributed by atoms with Crippen LogP contribution in [0.5, 0.6) is 0 Å². The third kappa shape index (κ3) is 5.18. The summed E-state index contributed by atoms with van der Waals surface area (Å²) in [5.41, 5.74) is 2.22. The van der Waals surface area contributed by atoms with Crippen LogP contribution in [-0.2, 0) is 14.9 Å². The van der Waals surface area contributed by atoms with Gasteiger partial charge in [-0.1, -0.05) is 52.3 Å². The number of amides is 3. The lowest BCUT2D eigenvalue weighted by atomic mass is 9.73. The summed E-state index contributed by atoms with van der Waals surface area (Å²) < 4.78 is 6.51. The quantitative estimate of drug-likeness (QED) is 0.421. The summed E-state index contributed by atoms with van der Waals surface area (Å²) >= 11 is 3.46. The van der Waals surface area contributed by atoms with Crippen molar-refractivity contribution < 1.29 is 14.3 Å². The molecule has 1 aliphatic rings. The van der Waals surface area contributed by atoms with Crippen molar-refractivity contribution in [2.75, 3.05) is 29.2 Å². The highest BCUT2D eigenvalue weighted by Gasteiger charge is 2.41. The minimum Gasteiger partial charge on any atom is -0.381 e. The van der Waals surface area contributed by atoms with Gasteiger partial charge in [-0.05, 0) is 60.9 Å². The van der Waals surface area contributed by atoms with Gasteiger partial charge in [-0.25, -0.2) is 4.79 Å². The first-order chi connectivity index (χ1) is 15.5. The second-order valence-electron chi connectivity index (χ2n) is 7.68. The number of nitrogens with one attached hydrogen (secondary N) is 3. The molecule has 0 radical (unpaired) electrons. The average molecular weight is 494 g/mol. The molecule has 7 heteroatoms. The monoisotopic (exact) mass is 493 g/mol. The second kappa shape index (κ2) is 9.97. The second-order valence-corrected chi connectivity index (χ2v) is 8.60. The standard InChI is InChI=1S/C25H24BrN3O3/c26-19-11-9-18(10-12-19)25(13-15-32-16-14-25)23(30)27-21-7-4-8-22(17-21)29-24(31)28-20-5-2-1-3-6-20/h1-12,17H,13-16H2,(H,27,30)(H2,28,29,31). The largest absolute Gasteiger partial charge is 0.381 e. The highest BCUT2D eigenvalue weighted by atomic mass is 79.9. The fourth-order valence-corrected chi connectivity index (χ4v) is 4.14. The van der Waals surface area contributed by atoms with E-state index in [9.17, 15) is 9.59 Å². The molecular formula is C25H24BrN3O3. The Morgan fingerprint density at radius 2 is 1.34 bits per heavy atom. The lowest BCUT2D eigenvalue weighted by Gasteiger charge is -2.36. The summed E-state index contributed by atoms with van der Waals surface area (Å²) in [6.07, 6.45) is 1.22. The van der Waals surface area contributed by atoms with Crippen molar-refractivity contribution in [3.8, 4) is 0 Å². The van der Waals surface area contributed by atoms with Crippen LogP contribution in [0.15, 0.2) is 83.3 Å². The molecule has 0 aliphatic carbocycles. The van der Waals surface area contributed by atoms with E-state index < -0.39 is 5.41 Å². The summed E-state index contributed by atoms with van der Waals surface area (Å²) in [7, 11) is 0. The van der Waals surface area contributed by atoms with E-state index in [1.807, 2.05) is 60.7 Å². The molecule has 1 aliphatic heterocycles. The Labute approximate surface area is 195 Å². The topological polar surface area (TPSA) is 79.5 Å². The molecular weight excluding hydrogens is 470 g/mol. The number of benzene rings is 3. The molecule has 1 heterocycles. The molecule has 32 heavy (non-hydrogen) atoms. The Morgan fingerprint density at radius 1 is 0.750 bits per heavy atom. The minimum atomic E-state index is -0.660. The van der Waals surface area contributed by atoms with Crippen LogP contribution >= 0.6 is 15.9 Å². The van der Waals surface area contributed by atoms with Gasteiger partial charge in [-0.3, -0.25) is 4.79 Å². The molecule has 0 saturated carbocycles. The Balaban J connectivity index is 1.48. The molecule has 0 spiro atoms. The first kappa shape index (κ1) is 22.0. The number of urea groups is 1. The Bertz CT molecular complexity index is 1080. The summed E-state index contributed by atoms with van der Waals surface area (Å²) in [4.78, 5) is 25.8. The van der Waals surface area contributed by atoms with E-state index in [2.05, 4.69) is 31.9 Å². The summed E-state index contributed by atoms with van der Waals surface area (Å²) in [5.74, 6) is -0.0750. The maximum absolute atomic E-state index is 13.5. The van der Waals surface area contributed by atoms with Crippen LogP contribution in [0.25, 0.3) is 0 Å². The third-order valence-electron chi connectivity index (χ3n) is 5.59. The van der Waals surface area contributed by atoms with Gasteiger partial charge >= 0.3 is 6.03 Å². The van der Waals surface area contributed by atoms with Gasteiger partial charge in [-0.2, -0.15) is 0 Å². The predicted octanol–water partition coefficient (Wildman–Crippen LogP) is 5.78. The van der Waals surface area contributed by atoms with Gasteiger partial charge in [0, 0.05) is 34.7 Å². The summed E-state index contributed by atoms with van der Waals surface area (Å²) in [6, 6.07) is 23.9. The molecule has 6 nitrogen and oxygen atoms in total. The number of para-hydroxylation sites is 1. The Hall–Kier alpha value is -3.16. The summed E-state index contributed by atoms with van der Waals surface area (Å²) in [6.45, 7) is 1.06. The van der Waals surface area contributed by atoms with E-state index in [-0.39, 0.29) is 11.9 Å². The van der Waals surface area contributed by atoms with Gasteiger partial charge in [0.05, 0.1) is 5.41 Å². The van der Waals surface area contributed by atoms with Gasteiger partial charge in [-0.15, -0.1) is 0 Å². The fraction of sp³-hybridized carbons (Fsp3) is 0.200. The van der Waals surface area contributed by atoms with E-state index >= 15 is 0 Å². The lowest BCUT2D eigenvalue weighted by molar-refractivity contribution is -0.125. The molecule has 3 aromatic rings. The molecule has 0 bridgehead atoms. The predicted molar refractivity (Wildman–Crippen MR) is 130 cm³/mol. The number of carbonyl (C=O) groups excluding carboxylic acids is 2. The van der Waals surface area contributed by atoms with Gasteiger partial charge in [0.25, 0.3) is 0 Å². The maximum Gasteiger partial charge on any atom is 0.323 e. The van der Waals surface area contributed by atoms with E-state index in [1.54, 1.807) is 18.2 Å². The van der Waals surface area contributed by atoms with Crippen molar-refractivity contribution in [3.63, 3.8) is 0 Å². The van der Waals surface area contributed by atoms with Gasteiger partial charge in [0.15, 0.2) is 0 Å². The van der Waals surface area contributed by atoms with Gasteiger partial charge < -0.3 is 20.7 Å². The van der Waals surface area contributed by atoms with E-state index in [0.717, 1.165) is 10.0 Å². The third-order valence-corrected chi connectivity index (χ3v) is 6.12. The van der Waals surface area contributed by atoms with Crippen molar-refractivity contribution in [1.82, 2.24) is 0 Å². The van der Waals surface area contributed by atoms with Crippen LogP contribution in [0.2, 0.25) is 0 Å². The van der Waals surface area contributed by atoms with Crippen LogP contribution in [-0.4, -0.2) is 25.2 Å².